The third-order valence-electron chi connectivity index (χ3n) is 3.99. The molecule has 0 aliphatic rings. The van der Waals surface area contributed by atoms with Crippen LogP contribution in [0.2, 0.25) is 0 Å². The number of rotatable bonds is 6. The number of esters is 1. The Morgan fingerprint density at radius 1 is 1.19 bits per heavy atom. The quantitative estimate of drug-likeness (QED) is 0.669. The topological polar surface area (TPSA) is 77.8 Å². The van der Waals surface area contributed by atoms with Gasteiger partial charge in [-0.15, -0.1) is 0 Å². The van der Waals surface area contributed by atoms with E-state index in [1.54, 1.807) is 25.3 Å². The first-order chi connectivity index (χ1) is 13.0. The van der Waals surface area contributed by atoms with E-state index in [1.807, 2.05) is 0 Å². The van der Waals surface area contributed by atoms with Crippen LogP contribution in [0.1, 0.15) is 12.5 Å². The SMILES string of the molecule is COc1ccc2c(CC(=O)O[C@H](C)C(=O)Nc3ccc(F)cc3)coc2c1. The van der Waals surface area contributed by atoms with Gasteiger partial charge in [0.2, 0.25) is 0 Å². The van der Waals surface area contributed by atoms with Crippen molar-refractivity contribution in [1.82, 2.24) is 0 Å². The molecule has 1 aromatic heterocycles. The highest BCUT2D eigenvalue weighted by molar-refractivity contribution is 5.95. The molecule has 2 aromatic carbocycles. The number of nitrogens with one attached hydrogen (secondary N) is 1. The molecule has 3 rings (SSSR count). The van der Waals surface area contributed by atoms with E-state index in [4.69, 9.17) is 13.9 Å². The first-order valence-electron chi connectivity index (χ1n) is 8.26. The number of benzene rings is 2. The molecule has 1 N–H and O–H groups in total. The third-order valence-corrected chi connectivity index (χ3v) is 3.99. The summed E-state index contributed by atoms with van der Waals surface area (Å²) >= 11 is 0. The largest absolute Gasteiger partial charge is 0.497 e. The highest BCUT2D eigenvalue weighted by atomic mass is 19.1. The lowest BCUT2D eigenvalue weighted by molar-refractivity contribution is -0.152. The average Bonchev–Trinajstić information content (AvgIpc) is 3.05. The summed E-state index contributed by atoms with van der Waals surface area (Å²) in [5.74, 6) is -0.818. The van der Waals surface area contributed by atoms with Crippen molar-refractivity contribution in [3.05, 3.63) is 60.1 Å². The molecule has 0 unspecified atom stereocenters. The zero-order valence-electron chi connectivity index (χ0n) is 14.8. The monoisotopic (exact) mass is 371 g/mol. The van der Waals surface area contributed by atoms with Crippen molar-refractivity contribution in [3.8, 4) is 5.75 Å². The number of hydrogen-bond donors (Lipinski definition) is 1. The van der Waals surface area contributed by atoms with Crippen molar-refractivity contribution < 1.29 is 27.9 Å². The average molecular weight is 371 g/mol. The maximum Gasteiger partial charge on any atom is 0.311 e. The molecule has 0 aliphatic carbocycles. The summed E-state index contributed by atoms with van der Waals surface area (Å²) in [5, 5.41) is 3.33. The van der Waals surface area contributed by atoms with Crippen LogP contribution >= 0.6 is 0 Å². The van der Waals surface area contributed by atoms with E-state index >= 15 is 0 Å². The van der Waals surface area contributed by atoms with Crippen molar-refractivity contribution in [3.63, 3.8) is 0 Å². The van der Waals surface area contributed by atoms with Gasteiger partial charge in [0.15, 0.2) is 6.10 Å². The van der Waals surface area contributed by atoms with Crippen molar-refractivity contribution in [2.75, 3.05) is 12.4 Å². The van der Waals surface area contributed by atoms with Gasteiger partial charge in [-0.1, -0.05) is 0 Å². The summed E-state index contributed by atoms with van der Waals surface area (Å²) in [6.45, 7) is 1.47. The summed E-state index contributed by atoms with van der Waals surface area (Å²) in [4.78, 5) is 24.3. The molecule has 0 saturated heterocycles. The molecule has 0 spiro atoms. The number of carbonyl (C=O) groups is 2. The number of fused-ring (bicyclic) bond motifs is 1. The Balaban J connectivity index is 1.60. The molecule has 0 radical (unpaired) electrons. The highest BCUT2D eigenvalue weighted by Gasteiger charge is 2.19. The predicted molar refractivity (Wildman–Crippen MR) is 97.1 cm³/mol. The van der Waals surface area contributed by atoms with Gasteiger partial charge in [-0.3, -0.25) is 9.59 Å². The van der Waals surface area contributed by atoms with Crippen molar-refractivity contribution in [2.45, 2.75) is 19.4 Å². The third kappa shape index (κ3) is 4.44. The lowest BCUT2D eigenvalue weighted by Gasteiger charge is -2.13. The first-order valence-corrected chi connectivity index (χ1v) is 8.26. The van der Waals surface area contributed by atoms with Crippen LogP contribution in [0.15, 0.2) is 53.1 Å². The van der Waals surface area contributed by atoms with Gasteiger partial charge in [-0.2, -0.15) is 0 Å². The van der Waals surface area contributed by atoms with Gasteiger partial charge >= 0.3 is 5.97 Å². The minimum absolute atomic E-state index is 0.0342. The minimum atomic E-state index is -0.999. The fourth-order valence-electron chi connectivity index (χ4n) is 2.55. The van der Waals surface area contributed by atoms with Gasteiger partial charge in [0.25, 0.3) is 5.91 Å². The Morgan fingerprint density at radius 2 is 1.93 bits per heavy atom. The van der Waals surface area contributed by atoms with Crippen molar-refractivity contribution in [2.24, 2.45) is 0 Å². The molecule has 0 saturated carbocycles. The Hall–Kier alpha value is -3.35. The zero-order valence-corrected chi connectivity index (χ0v) is 14.8. The van der Waals surface area contributed by atoms with Gasteiger partial charge < -0.3 is 19.2 Å². The molecular formula is C20H18FNO5. The van der Waals surface area contributed by atoms with Crippen LogP contribution in [0.5, 0.6) is 5.75 Å². The second kappa shape index (κ2) is 7.90. The van der Waals surface area contributed by atoms with Gasteiger partial charge in [-0.05, 0) is 43.3 Å². The molecule has 1 amide bonds. The van der Waals surface area contributed by atoms with Crippen LogP contribution < -0.4 is 10.1 Å². The van der Waals surface area contributed by atoms with E-state index < -0.39 is 23.8 Å². The fourth-order valence-corrected chi connectivity index (χ4v) is 2.55. The Labute approximate surface area is 154 Å². The van der Waals surface area contributed by atoms with E-state index in [1.165, 1.54) is 37.5 Å². The number of anilines is 1. The van der Waals surface area contributed by atoms with Crippen LogP contribution in [0.3, 0.4) is 0 Å². The Kier molecular flexibility index (Phi) is 5.40. The van der Waals surface area contributed by atoms with Gasteiger partial charge in [0.1, 0.15) is 17.1 Å². The van der Waals surface area contributed by atoms with Crippen molar-refractivity contribution >= 4 is 28.5 Å². The van der Waals surface area contributed by atoms with Gasteiger partial charge in [-0.25, -0.2) is 4.39 Å². The molecule has 27 heavy (non-hydrogen) atoms. The molecule has 1 heterocycles. The standard InChI is InChI=1S/C20H18FNO5/c1-12(20(24)22-15-5-3-14(21)4-6-15)27-19(23)9-13-11-26-18-10-16(25-2)7-8-17(13)18/h3-8,10-12H,9H2,1-2H3,(H,22,24)/t12-/m1/s1. The molecule has 0 fully saturated rings. The second-order valence-corrected chi connectivity index (χ2v) is 5.93. The number of methoxy groups -OCH3 is 1. The normalized spacial score (nSPS) is 11.8. The molecule has 0 bridgehead atoms. The summed E-state index contributed by atoms with van der Waals surface area (Å²) in [5.41, 5.74) is 1.67. The molecule has 7 heteroatoms. The minimum Gasteiger partial charge on any atom is -0.497 e. The summed E-state index contributed by atoms with van der Waals surface area (Å²) in [6, 6.07) is 10.6. The molecule has 140 valence electrons. The van der Waals surface area contributed by atoms with Gasteiger partial charge in [0, 0.05) is 22.7 Å². The second-order valence-electron chi connectivity index (χ2n) is 5.93. The van der Waals surface area contributed by atoms with Crippen molar-refractivity contribution in [1.29, 1.82) is 0 Å². The van der Waals surface area contributed by atoms with E-state index in [2.05, 4.69) is 5.32 Å². The predicted octanol–water partition coefficient (Wildman–Crippen LogP) is 3.69. The molecule has 1 atom stereocenters. The number of halogens is 1. The van der Waals surface area contributed by atoms with E-state index in [0.717, 1.165) is 5.39 Å². The number of hydrogen-bond acceptors (Lipinski definition) is 5. The number of furan rings is 1. The highest BCUT2D eigenvalue weighted by Crippen LogP contribution is 2.26. The lowest BCUT2D eigenvalue weighted by Crippen LogP contribution is -2.30. The number of ether oxygens (including phenoxy) is 2. The molecule has 3 aromatic rings. The smallest absolute Gasteiger partial charge is 0.311 e. The maximum atomic E-state index is 12.9. The number of amides is 1. The van der Waals surface area contributed by atoms with Crippen LogP contribution in [0, 0.1) is 5.82 Å². The van der Waals surface area contributed by atoms with Crippen LogP contribution in [0.25, 0.3) is 11.0 Å². The number of carbonyl (C=O) groups excluding carboxylic acids is 2. The van der Waals surface area contributed by atoms with Gasteiger partial charge in [0.05, 0.1) is 19.8 Å². The molecule has 6 nitrogen and oxygen atoms in total. The molecular weight excluding hydrogens is 353 g/mol. The lowest BCUT2D eigenvalue weighted by atomic mass is 10.1. The van der Waals surface area contributed by atoms with E-state index in [9.17, 15) is 14.0 Å². The Morgan fingerprint density at radius 3 is 2.63 bits per heavy atom. The zero-order chi connectivity index (χ0) is 19.4. The summed E-state index contributed by atoms with van der Waals surface area (Å²) in [6.07, 6.45) is 0.447. The Bertz CT molecular complexity index is 964. The van der Waals surface area contributed by atoms with E-state index in [0.29, 0.717) is 22.6 Å². The molecule has 0 aliphatic heterocycles. The van der Waals surface area contributed by atoms with Crippen LogP contribution in [-0.4, -0.2) is 25.1 Å². The van der Waals surface area contributed by atoms with Crippen LogP contribution in [0.4, 0.5) is 10.1 Å². The summed E-state index contributed by atoms with van der Waals surface area (Å²) < 4.78 is 28.6. The van der Waals surface area contributed by atoms with E-state index in [-0.39, 0.29) is 6.42 Å². The maximum absolute atomic E-state index is 12.9. The van der Waals surface area contributed by atoms with Crippen LogP contribution in [-0.2, 0) is 20.7 Å². The first kappa shape index (κ1) is 18.4. The summed E-state index contributed by atoms with van der Waals surface area (Å²) in [7, 11) is 1.56. The fraction of sp³-hybridized carbons (Fsp3) is 0.200.